The third kappa shape index (κ3) is 2.29. The Labute approximate surface area is 81.1 Å². The van der Waals surface area contributed by atoms with E-state index < -0.39 is 17.9 Å². The van der Waals surface area contributed by atoms with Gasteiger partial charge in [-0.3, -0.25) is 0 Å². The minimum absolute atomic E-state index is 0.0639. The first-order valence-electron chi connectivity index (χ1n) is 4.26. The molecule has 14 heavy (non-hydrogen) atoms. The van der Waals surface area contributed by atoms with Gasteiger partial charge >= 0.3 is 5.97 Å². The van der Waals surface area contributed by atoms with Crippen LogP contribution >= 0.6 is 0 Å². The number of rotatable bonds is 3. The van der Waals surface area contributed by atoms with Gasteiger partial charge in [-0.05, 0) is 13.0 Å². The molecular weight excluding hydrogens is 187 g/mol. The van der Waals surface area contributed by atoms with Crippen LogP contribution in [0.5, 0.6) is 0 Å². The maximum atomic E-state index is 13.1. The molecule has 0 fully saturated rings. The molecule has 0 saturated carbocycles. The first kappa shape index (κ1) is 10.7. The summed E-state index contributed by atoms with van der Waals surface area (Å²) in [7, 11) is 0. The van der Waals surface area contributed by atoms with E-state index in [2.05, 4.69) is 4.74 Å². The van der Waals surface area contributed by atoms with Gasteiger partial charge in [0, 0.05) is 5.56 Å². The average molecular weight is 198 g/mol. The zero-order chi connectivity index (χ0) is 10.6. The van der Waals surface area contributed by atoms with Crippen molar-refractivity contribution in [2.24, 2.45) is 0 Å². The summed E-state index contributed by atoms with van der Waals surface area (Å²) >= 11 is 0. The Morgan fingerprint density at radius 3 is 2.79 bits per heavy atom. The summed E-state index contributed by atoms with van der Waals surface area (Å²) in [6, 6.07) is 5.55. The van der Waals surface area contributed by atoms with Crippen LogP contribution in [0.1, 0.15) is 18.6 Å². The van der Waals surface area contributed by atoms with Gasteiger partial charge in [0.15, 0.2) is 6.10 Å². The van der Waals surface area contributed by atoms with Crippen LogP contribution in [-0.4, -0.2) is 17.7 Å². The minimum Gasteiger partial charge on any atom is -0.464 e. The molecule has 0 unspecified atom stereocenters. The van der Waals surface area contributed by atoms with Crippen molar-refractivity contribution >= 4 is 5.97 Å². The van der Waals surface area contributed by atoms with E-state index in [4.69, 9.17) is 0 Å². The number of aliphatic hydroxyl groups is 1. The quantitative estimate of drug-likeness (QED) is 0.747. The van der Waals surface area contributed by atoms with Gasteiger partial charge in [0.2, 0.25) is 0 Å². The molecule has 0 aromatic heterocycles. The fourth-order valence-corrected chi connectivity index (χ4v) is 1.05. The van der Waals surface area contributed by atoms with Gasteiger partial charge in [-0.15, -0.1) is 0 Å². The first-order valence-corrected chi connectivity index (χ1v) is 4.26. The van der Waals surface area contributed by atoms with Gasteiger partial charge in [0.1, 0.15) is 5.82 Å². The van der Waals surface area contributed by atoms with Crippen molar-refractivity contribution in [2.45, 2.75) is 13.0 Å². The molecule has 1 atom stereocenters. The molecular formula is C10H11FO3. The predicted octanol–water partition coefficient (Wildman–Crippen LogP) is 1.42. The van der Waals surface area contributed by atoms with Gasteiger partial charge in [0.05, 0.1) is 6.61 Å². The molecule has 76 valence electrons. The third-order valence-electron chi connectivity index (χ3n) is 1.71. The van der Waals surface area contributed by atoms with Crippen LogP contribution in [-0.2, 0) is 9.53 Å². The Morgan fingerprint density at radius 1 is 1.57 bits per heavy atom. The zero-order valence-corrected chi connectivity index (χ0v) is 7.74. The fourth-order valence-electron chi connectivity index (χ4n) is 1.05. The molecule has 0 radical (unpaired) electrons. The highest BCUT2D eigenvalue weighted by Crippen LogP contribution is 2.17. The van der Waals surface area contributed by atoms with Crippen LogP contribution in [0.3, 0.4) is 0 Å². The van der Waals surface area contributed by atoms with E-state index in [0.717, 1.165) is 0 Å². The second-order valence-electron chi connectivity index (χ2n) is 2.68. The lowest BCUT2D eigenvalue weighted by Gasteiger charge is -2.10. The number of carbonyl (C=O) groups is 1. The van der Waals surface area contributed by atoms with Crippen molar-refractivity contribution in [3.8, 4) is 0 Å². The van der Waals surface area contributed by atoms with Crippen LogP contribution in [0.4, 0.5) is 4.39 Å². The molecule has 3 nitrogen and oxygen atoms in total. The van der Waals surface area contributed by atoms with Crippen LogP contribution in [0.25, 0.3) is 0 Å². The maximum Gasteiger partial charge on any atom is 0.339 e. The summed E-state index contributed by atoms with van der Waals surface area (Å²) in [6.45, 7) is 1.77. The normalized spacial score (nSPS) is 12.2. The topological polar surface area (TPSA) is 46.5 Å². The van der Waals surface area contributed by atoms with Crippen molar-refractivity contribution < 1.29 is 19.0 Å². The number of esters is 1. The zero-order valence-electron chi connectivity index (χ0n) is 7.74. The molecule has 0 spiro atoms. The van der Waals surface area contributed by atoms with E-state index in [-0.39, 0.29) is 12.2 Å². The lowest BCUT2D eigenvalue weighted by molar-refractivity contribution is -0.153. The SMILES string of the molecule is CCOC(=O)[C@H](O)c1ccccc1F. The van der Waals surface area contributed by atoms with Crippen molar-refractivity contribution in [1.82, 2.24) is 0 Å². The smallest absolute Gasteiger partial charge is 0.339 e. The van der Waals surface area contributed by atoms with Gasteiger partial charge in [-0.25, -0.2) is 9.18 Å². The molecule has 0 saturated heterocycles. The number of hydrogen-bond acceptors (Lipinski definition) is 3. The van der Waals surface area contributed by atoms with E-state index in [1.807, 2.05) is 0 Å². The van der Waals surface area contributed by atoms with E-state index in [1.165, 1.54) is 18.2 Å². The molecule has 0 aliphatic heterocycles. The highest BCUT2D eigenvalue weighted by Gasteiger charge is 2.21. The van der Waals surface area contributed by atoms with Gasteiger partial charge in [-0.1, -0.05) is 18.2 Å². The monoisotopic (exact) mass is 198 g/mol. The van der Waals surface area contributed by atoms with E-state index in [1.54, 1.807) is 13.0 Å². The molecule has 0 aliphatic carbocycles. The van der Waals surface area contributed by atoms with Gasteiger partial charge < -0.3 is 9.84 Å². The van der Waals surface area contributed by atoms with Crippen LogP contribution in [0.15, 0.2) is 24.3 Å². The number of carbonyl (C=O) groups excluding carboxylic acids is 1. The Kier molecular flexibility index (Phi) is 3.59. The molecule has 0 amide bonds. The van der Waals surface area contributed by atoms with Crippen molar-refractivity contribution in [2.75, 3.05) is 6.61 Å². The fraction of sp³-hybridized carbons (Fsp3) is 0.300. The minimum atomic E-state index is -1.55. The first-order chi connectivity index (χ1) is 6.66. The molecule has 0 heterocycles. The van der Waals surface area contributed by atoms with E-state index in [0.29, 0.717) is 0 Å². The number of benzene rings is 1. The lowest BCUT2D eigenvalue weighted by Crippen LogP contribution is -2.16. The number of hydrogen-bond donors (Lipinski definition) is 1. The standard InChI is InChI=1S/C10H11FO3/c1-2-14-10(13)9(12)7-5-3-4-6-8(7)11/h3-6,9,12H,2H2,1H3/t9-/m1/s1. The van der Waals surface area contributed by atoms with Gasteiger partial charge in [0.25, 0.3) is 0 Å². The van der Waals surface area contributed by atoms with Gasteiger partial charge in [-0.2, -0.15) is 0 Å². The Bertz CT molecular complexity index is 325. The van der Waals surface area contributed by atoms with E-state index in [9.17, 15) is 14.3 Å². The molecule has 4 heteroatoms. The van der Waals surface area contributed by atoms with Crippen LogP contribution in [0, 0.1) is 5.82 Å². The molecule has 1 rings (SSSR count). The predicted molar refractivity (Wildman–Crippen MR) is 48.0 cm³/mol. The van der Waals surface area contributed by atoms with Crippen molar-refractivity contribution in [1.29, 1.82) is 0 Å². The maximum absolute atomic E-state index is 13.1. The second kappa shape index (κ2) is 4.72. The van der Waals surface area contributed by atoms with Crippen molar-refractivity contribution in [3.63, 3.8) is 0 Å². The Hall–Kier alpha value is -1.42. The summed E-state index contributed by atoms with van der Waals surface area (Å²) in [4.78, 5) is 11.1. The molecule has 1 N–H and O–H groups in total. The van der Waals surface area contributed by atoms with Crippen LogP contribution in [0.2, 0.25) is 0 Å². The molecule has 1 aromatic rings. The summed E-state index contributed by atoms with van der Waals surface area (Å²) in [6.07, 6.45) is -1.55. The number of aliphatic hydroxyl groups excluding tert-OH is 1. The second-order valence-corrected chi connectivity index (χ2v) is 2.68. The summed E-state index contributed by atoms with van der Waals surface area (Å²) in [5.74, 6) is -1.45. The molecule has 0 aliphatic rings. The highest BCUT2D eigenvalue weighted by molar-refractivity contribution is 5.76. The number of ether oxygens (including phenoxy) is 1. The largest absolute Gasteiger partial charge is 0.464 e. The molecule has 0 bridgehead atoms. The average Bonchev–Trinajstić information content (AvgIpc) is 2.18. The molecule has 1 aromatic carbocycles. The summed E-state index contributed by atoms with van der Waals surface area (Å²) in [5, 5.41) is 9.39. The lowest BCUT2D eigenvalue weighted by atomic mass is 10.1. The highest BCUT2D eigenvalue weighted by atomic mass is 19.1. The summed E-state index contributed by atoms with van der Waals surface area (Å²) in [5.41, 5.74) is -0.0639. The summed E-state index contributed by atoms with van der Waals surface area (Å²) < 4.78 is 17.6. The third-order valence-corrected chi connectivity index (χ3v) is 1.71. The number of halogens is 1. The Balaban J connectivity index is 2.84. The van der Waals surface area contributed by atoms with Crippen molar-refractivity contribution in [3.05, 3.63) is 35.6 Å². The van der Waals surface area contributed by atoms with E-state index >= 15 is 0 Å². The Morgan fingerprint density at radius 2 is 2.21 bits per heavy atom. The van der Waals surface area contributed by atoms with Crippen LogP contribution < -0.4 is 0 Å².